The van der Waals surface area contributed by atoms with Crippen LogP contribution < -0.4 is 0 Å². The SMILES string of the molecule is C=C1C=Nc2sccc2C(N2CCC(C)CC2)=C1. The van der Waals surface area contributed by atoms with Crippen LogP contribution >= 0.6 is 11.3 Å². The van der Waals surface area contributed by atoms with E-state index in [9.17, 15) is 0 Å². The van der Waals surface area contributed by atoms with Crippen LogP contribution in [0, 0.1) is 5.92 Å². The van der Waals surface area contributed by atoms with E-state index < -0.39 is 0 Å². The maximum Gasteiger partial charge on any atom is 0.125 e. The summed E-state index contributed by atoms with van der Waals surface area (Å²) < 4.78 is 0. The molecule has 0 N–H and O–H groups in total. The lowest BCUT2D eigenvalue weighted by Gasteiger charge is -2.33. The van der Waals surface area contributed by atoms with Crippen molar-refractivity contribution in [3.63, 3.8) is 0 Å². The van der Waals surface area contributed by atoms with Crippen molar-refractivity contribution in [1.82, 2.24) is 4.90 Å². The summed E-state index contributed by atoms with van der Waals surface area (Å²) in [5.74, 6) is 0.856. The zero-order valence-corrected chi connectivity index (χ0v) is 11.5. The van der Waals surface area contributed by atoms with Crippen LogP contribution in [-0.2, 0) is 0 Å². The maximum absolute atomic E-state index is 4.50. The number of likely N-dealkylation sites (tertiary alicyclic amines) is 1. The molecule has 0 bridgehead atoms. The van der Waals surface area contributed by atoms with E-state index in [1.807, 2.05) is 6.21 Å². The van der Waals surface area contributed by atoms with Gasteiger partial charge in [0.25, 0.3) is 0 Å². The quantitative estimate of drug-likeness (QED) is 0.740. The molecular formula is C15H18N2S. The average molecular weight is 258 g/mol. The molecule has 2 nitrogen and oxygen atoms in total. The first-order valence-corrected chi connectivity index (χ1v) is 7.39. The van der Waals surface area contributed by atoms with E-state index in [-0.39, 0.29) is 0 Å². The van der Waals surface area contributed by atoms with E-state index in [1.165, 1.54) is 24.1 Å². The van der Waals surface area contributed by atoms with E-state index in [2.05, 4.69) is 40.9 Å². The predicted octanol–water partition coefficient (Wildman–Crippen LogP) is 4.09. The highest BCUT2D eigenvalue weighted by atomic mass is 32.1. The number of rotatable bonds is 1. The minimum Gasteiger partial charge on any atom is -0.371 e. The number of allylic oxidation sites excluding steroid dienone is 2. The maximum atomic E-state index is 4.50. The van der Waals surface area contributed by atoms with Crippen molar-refractivity contribution >= 4 is 28.2 Å². The summed E-state index contributed by atoms with van der Waals surface area (Å²) in [5, 5.41) is 3.23. The monoisotopic (exact) mass is 258 g/mol. The van der Waals surface area contributed by atoms with Gasteiger partial charge in [0.2, 0.25) is 0 Å². The summed E-state index contributed by atoms with van der Waals surface area (Å²) in [4.78, 5) is 6.99. The van der Waals surface area contributed by atoms with Crippen LogP contribution in [-0.4, -0.2) is 24.2 Å². The van der Waals surface area contributed by atoms with Gasteiger partial charge in [-0.2, -0.15) is 0 Å². The molecule has 3 heteroatoms. The Morgan fingerprint density at radius 1 is 1.39 bits per heavy atom. The van der Waals surface area contributed by atoms with Crippen LogP contribution in [0.5, 0.6) is 0 Å². The molecule has 1 aromatic heterocycles. The summed E-state index contributed by atoms with van der Waals surface area (Å²) in [5.41, 5.74) is 3.57. The summed E-state index contributed by atoms with van der Waals surface area (Å²) in [6.45, 7) is 8.69. The third-order valence-corrected chi connectivity index (χ3v) is 4.54. The Bertz CT molecular complexity index is 516. The smallest absolute Gasteiger partial charge is 0.125 e. The molecule has 0 radical (unpaired) electrons. The number of hydrogen-bond donors (Lipinski definition) is 0. The molecule has 2 aliphatic heterocycles. The minimum atomic E-state index is 0.856. The molecule has 0 aromatic carbocycles. The van der Waals surface area contributed by atoms with Crippen LogP contribution in [0.3, 0.4) is 0 Å². The van der Waals surface area contributed by atoms with Gasteiger partial charge in [0.15, 0.2) is 0 Å². The molecule has 0 spiro atoms. The van der Waals surface area contributed by atoms with Crippen LogP contribution in [0.2, 0.25) is 0 Å². The first kappa shape index (κ1) is 11.7. The molecule has 2 aliphatic rings. The Kier molecular flexibility index (Phi) is 3.08. The number of hydrogen-bond acceptors (Lipinski definition) is 3. The summed E-state index contributed by atoms with van der Waals surface area (Å²) >= 11 is 1.70. The lowest BCUT2D eigenvalue weighted by Crippen LogP contribution is -2.31. The fourth-order valence-electron chi connectivity index (χ4n) is 2.54. The van der Waals surface area contributed by atoms with Gasteiger partial charge in [-0.3, -0.25) is 0 Å². The molecule has 3 heterocycles. The van der Waals surface area contributed by atoms with Gasteiger partial charge in [-0.1, -0.05) is 13.5 Å². The molecule has 94 valence electrons. The van der Waals surface area contributed by atoms with E-state index >= 15 is 0 Å². The second-order valence-corrected chi connectivity index (χ2v) is 6.07. The molecule has 0 amide bonds. The van der Waals surface area contributed by atoms with Crippen LogP contribution in [0.4, 0.5) is 5.00 Å². The molecule has 1 aromatic rings. The first-order chi connectivity index (χ1) is 8.74. The zero-order chi connectivity index (χ0) is 12.5. The molecular weight excluding hydrogens is 240 g/mol. The standard InChI is InChI=1S/C15H18N2S/c1-11-3-6-17(7-4-11)14-9-12(2)10-16-15-13(14)5-8-18-15/h5,8-11H,2-4,6-7H2,1H3. The molecule has 0 unspecified atom stereocenters. The Morgan fingerprint density at radius 2 is 2.17 bits per heavy atom. The molecule has 0 atom stereocenters. The fourth-order valence-corrected chi connectivity index (χ4v) is 3.29. The van der Waals surface area contributed by atoms with Gasteiger partial charge in [-0.05, 0) is 41.9 Å². The fraction of sp³-hybridized carbons (Fsp3) is 0.400. The van der Waals surface area contributed by atoms with Crippen molar-refractivity contribution in [2.45, 2.75) is 19.8 Å². The summed E-state index contributed by atoms with van der Waals surface area (Å²) in [6.07, 6.45) is 6.61. The third kappa shape index (κ3) is 2.15. The van der Waals surface area contributed by atoms with E-state index in [0.717, 1.165) is 29.6 Å². The number of nitrogens with zero attached hydrogens (tertiary/aromatic N) is 2. The second-order valence-electron chi connectivity index (χ2n) is 5.17. The topological polar surface area (TPSA) is 15.6 Å². The Hall–Kier alpha value is -1.35. The largest absolute Gasteiger partial charge is 0.371 e. The lowest BCUT2D eigenvalue weighted by atomic mass is 9.98. The first-order valence-electron chi connectivity index (χ1n) is 6.51. The van der Waals surface area contributed by atoms with Gasteiger partial charge < -0.3 is 4.90 Å². The van der Waals surface area contributed by atoms with Gasteiger partial charge in [0, 0.05) is 30.6 Å². The molecule has 1 fully saturated rings. The normalized spacial score (nSPS) is 20.6. The van der Waals surface area contributed by atoms with Crippen molar-refractivity contribution in [3.8, 4) is 0 Å². The van der Waals surface area contributed by atoms with Crippen LogP contribution in [0.25, 0.3) is 5.70 Å². The van der Waals surface area contributed by atoms with Gasteiger partial charge in [0.1, 0.15) is 5.00 Å². The van der Waals surface area contributed by atoms with E-state index in [1.54, 1.807) is 11.3 Å². The van der Waals surface area contributed by atoms with Crippen LogP contribution in [0.15, 0.2) is 34.7 Å². The lowest BCUT2D eigenvalue weighted by molar-refractivity contribution is 0.268. The van der Waals surface area contributed by atoms with Crippen molar-refractivity contribution in [2.24, 2.45) is 10.9 Å². The van der Waals surface area contributed by atoms with Gasteiger partial charge in [0.05, 0.1) is 0 Å². The molecule has 0 aliphatic carbocycles. The van der Waals surface area contributed by atoms with Gasteiger partial charge in [-0.15, -0.1) is 11.3 Å². The Morgan fingerprint density at radius 3 is 2.94 bits per heavy atom. The number of piperidine rings is 1. The summed E-state index contributed by atoms with van der Waals surface area (Å²) in [7, 11) is 0. The highest BCUT2D eigenvalue weighted by Crippen LogP contribution is 2.37. The van der Waals surface area contributed by atoms with Gasteiger partial charge in [-0.25, -0.2) is 4.99 Å². The second kappa shape index (κ2) is 4.73. The average Bonchev–Trinajstić information content (AvgIpc) is 2.77. The molecule has 1 saturated heterocycles. The Balaban J connectivity index is 1.94. The highest BCUT2D eigenvalue weighted by molar-refractivity contribution is 7.14. The number of thiophene rings is 1. The van der Waals surface area contributed by atoms with E-state index in [0.29, 0.717) is 0 Å². The number of fused-ring (bicyclic) bond motifs is 1. The van der Waals surface area contributed by atoms with Crippen LogP contribution in [0.1, 0.15) is 25.3 Å². The predicted molar refractivity (Wildman–Crippen MR) is 79.6 cm³/mol. The molecule has 0 saturated carbocycles. The van der Waals surface area contributed by atoms with Crippen molar-refractivity contribution < 1.29 is 0 Å². The van der Waals surface area contributed by atoms with Crippen molar-refractivity contribution in [3.05, 3.63) is 35.2 Å². The van der Waals surface area contributed by atoms with Crippen molar-refractivity contribution in [2.75, 3.05) is 13.1 Å². The highest BCUT2D eigenvalue weighted by Gasteiger charge is 2.22. The zero-order valence-electron chi connectivity index (χ0n) is 10.7. The third-order valence-electron chi connectivity index (χ3n) is 3.71. The van der Waals surface area contributed by atoms with E-state index in [4.69, 9.17) is 0 Å². The summed E-state index contributed by atoms with van der Waals surface area (Å²) in [6, 6.07) is 2.18. The van der Waals surface area contributed by atoms with Gasteiger partial charge >= 0.3 is 0 Å². The minimum absolute atomic E-state index is 0.856. The molecule has 18 heavy (non-hydrogen) atoms. The molecule has 3 rings (SSSR count). The van der Waals surface area contributed by atoms with Crippen molar-refractivity contribution in [1.29, 1.82) is 0 Å². The Labute approximate surface area is 112 Å². The number of aliphatic imine (C=N–C) groups is 1.